The minimum atomic E-state index is -1.42. The van der Waals surface area contributed by atoms with E-state index in [0.717, 1.165) is 94.6 Å². The number of para-hydroxylation sites is 2. The third-order valence-corrected chi connectivity index (χ3v) is 12.8. The van der Waals surface area contributed by atoms with Crippen molar-refractivity contribution in [2.24, 2.45) is 24.8 Å². The van der Waals surface area contributed by atoms with Crippen molar-refractivity contribution in [2.45, 2.75) is 39.5 Å². The predicted octanol–water partition coefficient (Wildman–Crippen LogP) is 7.66. The Bertz CT molecular complexity index is 3880. The predicted molar refractivity (Wildman–Crippen MR) is 284 cm³/mol. The number of aromatic nitrogens is 9. The fourth-order valence-corrected chi connectivity index (χ4v) is 9.04. The first kappa shape index (κ1) is 49.8. The van der Waals surface area contributed by atoms with Crippen LogP contribution >= 0.6 is 11.6 Å². The van der Waals surface area contributed by atoms with Gasteiger partial charge in [-0.05, 0) is 84.1 Å². The topological polar surface area (TPSA) is 234 Å². The number of imidazole rings is 3. The van der Waals surface area contributed by atoms with E-state index in [0.29, 0.717) is 28.5 Å². The molecule has 1 unspecified atom stereocenters. The average Bonchev–Trinajstić information content (AvgIpc) is 4.09. The molecule has 0 radical (unpaired) electrons. The molecule has 6 aromatic carbocycles. The molecule has 1 aliphatic heterocycles. The summed E-state index contributed by atoms with van der Waals surface area (Å²) < 4.78 is 6.60. The van der Waals surface area contributed by atoms with E-state index < -0.39 is 29.7 Å². The number of benzene rings is 6. The molecule has 0 bridgehead atoms. The molecule has 0 spiro atoms. The van der Waals surface area contributed by atoms with Gasteiger partial charge >= 0.3 is 11.7 Å². The number of amides is 2. The number of primary amides is 1. The number of aliphatic imine (C=N–C) groups is 1. The number of hydrogen-bond donors (Lipinski definition) is 3. The number of hydrogen-bond acceptors (Lipinski definition) is 11. The van der Waals surface area contributed by atoms with E-state index in [2.05, 4.69) is 80.6 Å². The van der Waals surface area contributed by atoms with Crippen molar-refractivity contribution in [3.63, 3.8) is 0 Å². The fourth-order valence-electron chi connectivity index (χ4n) is 8.87. The molecule has 0 aliphatic carbocycles. The van der Waals surface area contributed by atoms with Crippen LogP contribution < -0.4 is 16.3 Å². The molecule has 11 rings (SSSR count). The van der Waals surface area contributed by atoms with Gasteiger partial charge in [-0.1, -0.05) is 109 Å². The molecule has 4 aromatic heterocycles. The molecule has 10 aromatic rings. The van der Waals surface area contributed by atoms with E-state index >= 15 is 0 Å². The Labute approximate surface area is 428 Å². The van der Waals surface area contributed by atoms with Gasteiger partial charge in [0.1, 0.15) is 18.0 Å². The number of carboxylic acids is 1. The molecule has 0 fully saturated rings. The minimum absolute atomic E-state index is 0.0600. The van der Waals surface area contributed by atoms with Gasteiger partial charge < -0.3 is 30.0 Å². The molecule has 372 valence electrons. The van der Waals surface area contributed by atoms with Crippen LogP contribution in [0, 0.1) is 6.92 Å². The zero-order valence-corrected chi connectivity index (χ0v) is 41.6. The number of carboxylic acid groups (broad SMARTS) is 1. The first-order valence-electron chi connectivity index (χ1n) is 23.4. The summed E-state index contributed by atoms with van der Waals surface area (Å²) in [6, 6.07) is 42.5. The van der Waals surface area contributed by atoms with Crippen molar-refractivity contribution >= 4 is 68.5 Å². The van der Waals surface area contributed by atoms with E-state index in [1.54, 1.807) is 37.4 Å². The van der Waals surface area contributed by atoms with E-state index in [4.69, 9.17) is 27.3 Å². The molecule has 4 N–H and O–H groups in total. The van der Waals surface area contributed by atoms with E-state index in [1.165, 1.54) is 18.3 Å². The van der Waals surface area contributed by atoms with Gasteiger partial charge in [0, 0.05) is 55.8 Å². The van der Waals surface area contributed by atoms with Gasteiger partial charge in [-0.15, -0.1) is 5.10 Å². The number of aryl methyl sites for hydroxylation is 4. The highest BCUT2D eigenvalue weighted by atomic mass is 35.5. The quantitative estimate of drug-likeness (QED) is 0.127. The second kappa shape index (κ2) is 20.9. The Hall–Kier alpha value is -9.13. The molecule has 0 saturated heterocycles. The number of fused-ring (bicyclic) bond motifs is 4. The highest BCUT2D eigenvalue weighted by molar-refractivity contribution is 6.32. The number of aliphatic hydroxyl groups is 1. The Morgan fingerprint density at radius 3 is 2.22 bits per heavy atom. The highest BCUT2D eigenvalue weighted by Crippen LogP contribution is 2.33. The Kier molecular flexibility index (Phi) is 14.1. The van der Waals surface area contributed by atoms with Crippen LogP contribution in [-0.2, 0) is 31.9 Å². The molecule has 5 heterocycles. The number of carbonyl (C=O) groups is 3. The Morgan fingerprint density at radius 1 is 0.784 bits per heavy atom. The van der Waals surface area contributed by atoms with Crippen LogP contribution in [0.5, 0.6) is 0 Å². The second-order valence-electron chi connectivity index (χ2n) is 17.5. The molecule has 74 heavy (non-hydrogen) atoms. The number of rotatable bonds is 9. The molecule has 18 nitrogen and oxygen atoms in total. The van der Waals surface area contributed by atoms with Gasteiger partial charge in [0.15, 0.2) is 11.3 Å². The van der Waals surface area contributed by atoms with Gasteiger partial charge in [0.25, 0.3) is 11.8 Å². The van der Waals surface area contributed by atoms with Gasteiger partial charge in [0.05, 0.1) is 39.0 Å². The number of carbonyl (C=O) groups excluding carboxylic acids is 2. The number of aliphatic hydroxyl groups excluding tert-OH is 1. The standard InChI is InChI=1S/C33H30N4O2.C16H13ClN2O2.C6H6N6O2/c1-4-9-30-35-31-21(2)18-24(32-34-27-12-7-8-13-28(27)36(32)3)19-29(31)37(30)20-22-14-16-23(17-15-22)25-10-5-6-11-26(25)33(38)39;1-19-13-8-7-11(17)9-12(13)14(18-15(20)16(19)21)10-5-3-2-4-6-10;1-11-6(14)12-2-8-3(4(7)13)5(12)9-10-11/h5-8,10-19H,4,9,20H2,1-3H3,(H,38,39);2-9,15,20H,1H3;2H,1H3,(H2,7,13). The lowest BCUT2D eigenvalue weighted by atomic mass is 9.98. The lowest BCUT2D eigenvalue weighted by Gasteiger charge is -2.18. The summed E-state index contributed by atoms with van der Waals surface area (Å²) in [6.45, 7) is 4.98. The monoisotopic (exact) mass is 1010 g/mol. The summed E-state index contributed by atoms with van der Waals surface area (Å²) in [5.41, 5.74) is 16.8. The lowest BCUT2D eigenvalue weighted by Crippen LogP contribution is -2.34. The number of aromatic carboxylic acids is 1. The van der Waals surface area contributed by atoms with Crippen LogP contribution in [0.2, 0.25) is 5.02 Å². The summed E-state index contributed by atoms with van der Waals surface area (Å²) >= 11 is 6.08. The Morgan fingerprint density at radius 2 is 1.50 bits per heavy atom. The van der Waals surface area contributed by atoms with Gasteiger partial charge in [0.2, 0.25) is 6.23 Å². The summed E-state index contributed by atoms with van der Waals surface area (Å²) in [7, 11) is 5.12. The maximum absolute atomic E-state index is 12.1. The number of anilines is 1. The van der Waals surface area contributed by atoms with Crippen molar-refractivity contribution in [3.05, 3.63) is 195 Å². The van der Waals surface area contributed by atoms with Crippen LogP contribution in [0.15, 0.2) is 150 Å². The number of likely N-dealkylation sites (N-methyl/N-ethyl adjacent to an activating group) is 1. The largest absolute Gasteiger partial charge is 0.478 e. The molecule has 2 amide bonds. The van der Waals surface area contributed by atoms with Crippen LogP contribution in [0.3, 0.4) is 0 Å². The third kappa shape index (κ3) is 9.78. The number of halogens is 1. The highest BCUT2D eigenvalue weighted by Gasteiger charge is 2.29. The number of nitrogens with zero attached hydrogens (tertiary/aromatic N) is 11. The number of nitrogens with two attached hydrogens (primary N) is 1. The molecule has 0 saturated carbocycles. The maximum atomic E-state index is 12.1. The first-order chi connectivity index (χ1) is 35.6. The third-order valence-electron chi connectivity index (χ3n) is 12.6. The summed E-state index contributed by atoms with van der Waals surface area (Å²) in [5.74, 6) is -0.124. The summed E-state index contributed by atoms with van der Waals surface area (Å²) in [4.78, 5) is 65.3. The maximum Gasteiger partial charge on any atom is 0.352 e. The van der Waals surface area contributed by atoms with Crippen molar-refractivity contribution < 1.29 is 24.6 Å². The summed E-state index contributed by atoms with van der Waals surface area (Å²) in [6.07, 6.45) is 1.66. The van der Waals surface area contributed by atoms with E-state index in [-0.39, 0.29) is 11.3 Å². The van der Waals surface area contributed by atoms with E-state index in [9.17, 15) is 29.4 Å². The first-order valence-corrected chi connectivity index (χ1v) is 23.8. The van der Waals surface area contributed by atoms with Crippen LogP contribution in [0.4, 0.5) is 5.69 Å². The van der Waals surface area contributed by atoms with Gasteiger partial charge in [-0.3, -0.25) is 9.59 Å². The normalized spacial score (nSPS) is 13.2. The SMILES string of the molecule is CCCc1nc2c(C)cc(-c3nc4ccccc4n3C)cc2n1Cc1ccc(-c2ccccc2C(=O)O)cc1.CN1C(=O)C(O)N=C(c2ccccc2)c2cc(Cl)ccc21.Cn1nnc2c(C(N)=O)ncn2c1=O. The van der Waals surface area contributed by atoms with Crippen LogP contribution in [0.25, 0.3) is 50.2 Å². The minimum Gasteiger partial charge on any atom is -0.478 e. The van der Waals surface area contributed by atoms with Crippen molar-refractivity contribution in [1.29, 1.82) is 0 Å². The molecular weight excluding hydrogens is 960 g/mol. The van der Waals surface area contributed by atoms with Gasteiger partial charge in [-0.2, -0.15) is 4.68 Å². The summed E-state index contributed by atoms with van der Waals surface area (Å²) in [5, 5.41) is 27.3. The van der Waals surface area contributed by atoms with Crippen LogP contribution in [-0.4, -0.2) is 90.5 Å². The molecular formula is C55H49ClN12O6. The lowest BCUT2D eigenvalue weighted by molar-refractivity contribution is -0.125. The molecule has 19 heteroatoms. The fraction of sp³-hybridized carbons (Fsp3) is 0.164. The average molecular weight is 1010 g/mol. The number of benzodiazepines with no additional fused rings is 1. The zero-order chi connectivity index (χ0) is 52.4. The second-order valence-corrected chi connectivity index (χ2v) is 17.9. The molecule has 1 atom stereocenters. The van der Waals surface area contributed by atoms with Crippen molar-refractivity contribution in [3.8, 4) is 22.5 Å². The van der Waals surface area contributed by atoms with E-state index in [1.807, 2.05) is 72.8 Å². The van der Waals surface area contributed by atoms with Crippen molar-refractivity contribution in [1.82, 2.24) is 43.5 Å². The Balaban J connectivity index is 0.000000159. The smallest absolute Gasteiger partial charge is 0.352 e. The van der Waals surface area contributed by atoms with Gasteiger partial charge in [-0.25, -0.2) is 33.9 Å². The zero-order valence-electron chi connectivity index (χ0n) is 40.9. The molecule has 1 aliphatic rings. The van der Waals surface area contributed by atoms with Crippen LogP contribution in [0.1, 0.15) is 62.3 Å². The van der Waals surface area contributed by atoms with Crippen molar-refractivity contribution in [2.75, 3.05) is 11.9 Å².